The smallest absolute Gasteiger partial charge is 0.417 e. The molecule has 1 heterocycles. The number of alkyl halides is 3. The Morgan fingerprint density at radius 2 is 1.94 bits per heavy atom. The van der Waals surface area contributed by atoms with Gasteiger partial charge < -0.3 is 20.9 Å². The Morgan fingerprint density at radius 3 is 2.60 bits per heavy atom. The first-order valence-electron chi connectivity index (χ1n) is 10.7. The van der Waals surface area contributed by atoms with Crippen molar-refractivity contribution in [2.75, 3.05) is 24.6 Å². The third-order valence-corrected chi connectivity index (χ3v) is 5.34. The van der Waals surface area contributed by atoms with Gasteiger partial charge in [-0.25, -0.2) is 4.79 Å². The number of hydrogen-bond donors (Lipinski definition) is 3. The number of nitrogens with one attached hydrogen (secondary N) is 1. The second kappa shape index (κ2) is 10.6. The van der Waals surface area contributed by atoms with Crippen LogP contribution >= 0.6 is 0 Å². The summed E-state index contributed by atoms with van der Waals surface area (Å²) in [4.78, 5) is 38.2. The number of cyclic esters (lactones) is 1. The Kier molecular flexibility index (Phi) is 7.80. The molecular formula is C24H24F3N3O5. The summed E-state index contributed by atoms with van der Waals surface area (Å²) in [6, 6.07) is 9.21. The molecule has 1 unspecified atom stereocenters. The average Bonchev–Trinajstić information content (AvgIpc) is 3.23. The summed E-state index contributed by atoms with van der Waals surface area (Å²) >= 11 is 0. The van der Waals surface area contributed by atoms with Gasteiger partial charge in [0.1, 0.15) is 0 Å². The Morgan fingerprint density at radius 1 is 1.23 bits per heavy atom. The van der Waals surface area contributed by atoms with Crippen LogP contribution in [0.4, 0.5) is 23.7 Å². The molecule has 0 radical (unpaired) electrons. The van der Waals surface area contributed by atoms with Gasteiger partial charge in [0.25, 0.3) is 5.91 Å². The molecule has 4 N–H and O–H groups in total. The number of Topliss-reactive ketones (excluding diaryl/α,β-unsaturated/α-hetero) is 1. The van der Waals surface area contributed by atoms with Crippen molar-refractivity contribution in [2.24, 2.45) is 5.73 Å². The van der Waals surface area contributed by atoms with Gasteiger partial charge in [-0.15, -0.1) is 0 Å². The third-order valence-electron chi connectivity index (χ3n) is 5.34. The number of rotatable bonds is 8. The van der Waals surface area contributed by atoms with Crippen LogP contribution in [-0.2, 0) is 15.7 Å². The van der Waals surface area contributed by atoms with Crippen molar-refractivity contribution in [3.8, 4) is 0 Å². The topological polar surface area (TPSA) is 122 Å². The fraction of sp³-hybridized carbons (Fsp3) is 0.292. The summed E-state index contributed by atoms with van der Waals surface area (Å²) in [5, 5.41) is 11.2. The van der Waals surface area contributed by atoms with Crippen LogP contribution < -0.4 is 16.0 Å². The monoisotopic (exact) mass is 491 g/mol. The number of anilines is 1. The third kappa shape index (κ3) is 5.80. The maximum absolute atomic E-state index is 13.4. The molecule has 2 aromatic carbocycles. The van der Waals surface area contributed by atoms with Crippen molar-refractivity contribution in [3.05, 3.63) is 64.7 Å². The first-order chi connectivity index (χ1) is 16.6. The van der Waals surface area contributed by atoms with Crippen molar-refractivity contribution >= 4 is 35.2 Å². The molecule has 0 bridgehead atoms. The van der Waals surface area contributed by atoms with Crippen LogP contribution in [0.1, 0.15) is 40.4 Å². The Hall–Kier alpha value is -3.86. The van der Waals surface area contributed by atoms with Crippen LogP contribution in [0.15, 0.2) is 42.5 Å². The number of halogens is 3. The first-order valence-corrected chi connectivity index (χ1v) is 10.7. The normalized spacial score (nSPS) is 16.3. The van der Waals surface area contributed by atoms with E-state index in [1.807, 2.05) is 0 Å². The van der Waals surface area contributed by atoms with Gasteiger partial charge in [0.15, 0.2) is 11.9 Å². The number of aliphatic hydroxyl groups is 1. The maximum atomic E-state index is 13.4. The molecule has 35 heavy (non-hydrogen) atoms. The maximum Gasteiger partial charge on any atom is 0.417 e. The number of carbonyl (C=O) groups is 3. The van der Waals surface area contributed by atoms with Crippen molar-refractivity contribution in [2.45, 2.75) is 25.6 Å². The van der Waals surface area contributed by atoms with E-state index < -0.39 is 29.8 Å². The first kappa shape index (κ1) is 25.8. The van der Waals surface area contributed by atoms with Gasteiger partial charge in [-0.05, 0) is 29.8 Å². The van der Waals surface area contributed by atoms with Gasteiger partial charge in [-0.2, -0.15) is 13.2 Å². The lowest BCUT2D eigenvalue weighted by molar-refractivity contribution is -0.137. The minimum atomic E-state index is -4.61. The van der Waals surface area contributed by atoms with Crippen LogP contribution in [0.2, 0.25) is 0 Å². The predicted molar refractivity (Wildman–Crippen MR) is 122 cm³/mol. The number of hydrogen-bond acceptors (Lipinski definition) is 6. The molecule has 8 nitrogen and oxygen atoms in total. The second-order valence-corrected chi connectivity index (χ2v) is 7.69. The molecule has 1 saturated heterocycles. The quantitative estimate of drug-likeness (QED) is 0.385. The number of benzene rings is 2. The highest BCUT2D eigenvalue weighted by Crippen LogP contribution is 2.35. The van der Waals surface area contributed by atoms with Crippen LogP contribution in [0.25, 0.3) is 11.8 Å². The van der Waals surface area contributed by atoms with Gasteiger partial charge in [0, 0.05) is 35.5 Å². The van der Waals surface area contributed by atoms with Crippen LogP contribution in [-0.4, -0.2) is 48.7 Å². The van der Waals surface area contributed by atoms with Gasteiger partial charge in [-0.1, -0.05) is 31.2 Å². The van der Waals surface area contributed by atoms with E-state index in [1.54, 1.807) is 6.92 Å². The van der Waals surface area contributed by atoms with Crippen LogP contribution in [0, 0.1) is 0 Å². The van der Waals surface area contributed by atoms with E-state index in [1.165, 1.54) is 47.4 Å². The Balaban J connectivity index is 1.96. The molecule has 2 aromatic rings. The molecule has 2 amide bonds. The lowest BCUT2D eigenvalue weighted by Crippen LogP contribution is -2.38. The zero-order chi connectivity index (χ0) is 25.8. The highest BCUT2D eigenvalue weighted by molar-refractivity contribution is 6.03. The predicted octanol–water partition coefficient (Wildman–Crippen LogP) is 3.19. The van der Waals surface area contributed by atoms with Crippen molar-refractivity contribution < 1.29 is 37.4 Å². The van der Waals surface area contributed by atoms with Crippen LogP contribution in [0.3, 0.4) is 0 Å². The number of ether oxygens (including phenoxy) is 1. The minimum Gasteiger partial charge on any atom is -0.434 e. The van der Waals surface area contributed by atoms with E-state index >= 15 is 0 Å². The lowest BCUT2D eigenvalue weighted by atomic mass is 9.97. The molecule has 0 spiro atoms. The SMILES string of the molecule is CCC(=O)c1cc(N2CC(C(=O)NCCO)OC2=O)ccc1/C=C(\N)c1ccccc1C(F)(F)F. The Labute approximate surface area is 199 Å². The molecule has 1 aliphatic rings. The minimum absolute atomic E-state index is 0.00194. The van der Waals surface area contributed by atoms with E-state index in [0.717, 1.165) is 6.07 Å². The molecule has 1 aliphatic heterocycles. The highest BCUT2D eigenvalue weighted by Gasteiger charge is 2.37. The van der Waals surface area contributed by atoms with E-state index in [-0.39, 0.29) is 60.0 Å². The number of amides is 2. The fourth-order valence-corrected chi connectivity index (χ4v) is 3.60. The fourth-order valence-electron chi connectivity index (χ4n) is 3.60. The molecule has 1 atom stereocenters. The summed E-state index contributed by atoms with van der Waals surface area (Å²) in [6.45, 7) is 1.23. The molecule has 0 aliphatic carbocycles. The summed E-state index contributed by atoms with van der Waals surface area (Å²) in [5.74, 6) is -0.893. The zero-order valence-corrected chi connectivity index (χ0v) is 18.8. The van der Waals surface area contributed by atoms with E-state index in [4.69, 9.17) is 15.6 Å². The number of ketones is 1. The van der Waals surface area contributed by atoms with Gasteiger partial charge in [0.05, 0.1) is 18.7 Å². The largest absolute Gasteiger partial charge is 0.434 e. The molecule has 0 saturated carbocycles. The summed E-state index contributed by atoms with van der Waals surface area (Å²) in [7, 11) is 0. The molecule has 3 rings (SSSR count). The highest BCUT2D eigenvalue weighted by atomic mass is 19.4. The number of nitrogens with two attached hydrogens (primary N) is 1. The average molecular weight is 491 g/mol. The van der Waals surface area contributed by atoms with E-state index in [9.17, 15) is 27.6 Å². The molecule has 11 heteroatoms. The Bertz CT molecular complexity index is 1160. The van der Waals surface area contributed by atoms with Crippen molar-refractivity contribution in [1.29, 1.82) is 0 Å². The summed E-state index contributed by atoms with van der Waals surface area (Å²) in [5.41, 5.74) is 5.40. The van der Waals surface area contributed by atoms with E-state index in [0.29, 0.717) is 0 Å². The zero-order valence-electron chi connectivity index (χ0n) is 18.8. The van der Waals surface area contributed by atoms with Gasteiger partial charge in [-0.3, -0.25) is 14.5 Å². The standard InChI is InChI=1S/C24H24F3N3O5/c1-2-20(32)17-12-15(30-13-21(35-23(30)34)22(33)29-9-10-31)8-7-14(17)11-19(28)16-5-3-4-6-18(16)24(25,26)27/h3-8,11-12,21,31H,2,9-10,13,28H2,1H3,(H,29,33)/b19-11-. The van der Waals surface area contributed by atoms with Crippen molar-refractivity contribution in [3.63, 3.8) is 0 Å². The van der Waals surface area contributed by atoms with E-state index in [2.05, 4.69) is 5.32 Å². The molecule has 1 fully saturated rings. The molecule has 186 valence electrons. The van der Waals surface area contributed by atoms with Gasteiger partial charge in [0.2, 0.25) is 0 Å². The second-order valence-electron chi connectivity index (χ2n) is 7.69. The number of nitrogens with zero attached hydrogens (tertiary/aromatic N) is 1. The van der Waals surface area contributed by atoms with Crippen molar-refractivity contribution in [1.82, 2.24) is 5.32 Å². The lowest BCUT2D eigenvalue weighted by Gasteiger charge is -2.16. The summed E-state index contributed by atoms with van der Waals surface area (Å²) < 4.78 is 45.3. The molecule has 0 aromatic heterocycles. The van der Waals surface area contributed by atoms with Crippen LogP contribution in [0.5, 0.6) is 0 Å². The van der Waals surface area contributed by atoms with Gasteiger partial charge >= 0.3 is 12.3 Å². The number of carbonyl (C=O) groups excluding carboxylic acids is 3. The molecular weight excluding hydrogens is 467 g/mol. The number of aliphatic hydroxyl groups excluding tert-OH is 1. The summed E-state index contributed by atoms with van der Waals surface area (Å²) in [6.07, 6.45) is -5.14.